The van der Waals surface area contributed by atoms with Gasteiger partial charge in [-0.05, 0) is 35.7 Å². The number of nitrogens with zero attached hydrogens (tertiary/aromatic N) is 3. The summed E-state index contributed by atoms with van der Waals surface area (Å²) in [5, 5.41) is 0.775. The van der Waals surface area contributed by atoms with Gasteiger partial charge in [-0.2, -0.15) is 0 Å². The minimum absolute atomic E-state index is 0.237. The third kappa shape index (κ3) is 4.79. The first-order valence-electron chi connectivity index (χ1n) is 8.34. The zero-order valence-electron chi connectivity index (χ0n) is 13.7. The molecular weight excluding hydrogens is 322 g/mol. The zero-order chi connectivity index (χ0) is 16.8. The number of carbonyl (C=O) groups is 1. The van der Waals surface area contributed by atoms with Gasteiger partial charge in [-0.25, -0.2) is 0 Å². The van der Waals surface area contributed by atoms with E-state index in [4.69, 9.17) is 11.6 Å². The summed E-state index contributed by atoms with van der Waals surface area (Å²) in [5.74, 6) is 0.237. The Morgan fingerprint density at radius 3 is 2.58 bits per heavy atom. The minimum Gasteiger partial charge on any atom is -0.340 e. The van der Waals surface area contributed by atoms with Gasteiger partial charge in [-0.15, -0.1) is 0 Å². The second kappa shape index (κ2) is 8.27. The van der Waals surface area contributed by atoms with E-state index in [2.05, 4.69) is 16.0 Å². The summed E-state index contributed by atoms with van der Waals surface area (Å²) >= 11 is 6.04. The minimum atomic E-state index is 0.237. The van der Waals surface area contributed by atoms with Crippen molar-refractivity contribution < 1.29 is 4.79 Å². The standard InChI is InChI=1S/C19H22ClN3O/c20-18-5-1-3-17(13-18)15-22-9-11-23(12-10-22)19(24)7-6-16-4-2-8-21-14-16/h1-5,8,13-14H,6-7,9-12,15H2. The van der Waals surface area contributed by atoms with Gasteiger partial charge in [0.25, 0.3) is 0 Å². The maximum absolute atomic E-state index is 12.4. The molecule has 0 radical (unpaired) electrons. The Balaban J connectivity index is 1.43. The molecule has 1 aliphatic rings. The topological polar surface area (TPSA) is 36.4 Å². The average molecular weight is 344 g/mol. The van der Waals surface area contributed by atoms with Gasteiger partial charge in [-0.3, -0.25) is 14.7 Å². The van der Waals surface area contributed by atoms with Gasteiger partial charge in [-0.1, -0.05) is 29.8 Å². The maximum Gasteiger partial charge on any atom is 0.222 e. The average Bonchev–Trinajstić information content (AvgIpc) is 2.61. The lowest BCUT2D eigenvalue weighted by Crippen LogP contribution is -2.48. The Morgan fingerprint density at radius 1 is 1.08 bits per heavy atom. The van der Waals surface area contributed by atoms with Crippen LogP contribution in [0.3, 0.4) is 0 Å². The summed E-state index contributed by atoms with van der Waals surface area (Å²) in [6.07, 6.45) is 4.90. The molecule has 1 saturated heterocycles. The van der Waals surface area contributed by atoms with Crippen molar-refractivity contribution in [3.05, 3.63) is 64.9 Å². The number of hydrogen-bond acceptors (Lipinski definition) is 3. The van der Waals surface area contributed by atoms with Crippen LogP contribution in [0.2, 0.25) is 5.02 Å². The van der Waals surface area contributed by atoms with Crippen LogP contribution in [0.15, 0.2) is 48.8 Å². The van der Waals surface area contributed by atoms with E-state index in [1.165, 1.54) is 5.56 Å². The van der Waals surface area contributed by atoms with Crippen LogP contribution in [0.5, 0.6) is 0 Å². The summed E-state index contributed by atoms with van der Waals surface area (Å²) in [4.78, 5) is 20.8. The Kier molecular flexibility index (Phi) is 5.83. The van der Waals surface area contributed by atoms with Crippen LogP contribution in [0.25, 0.3) is 0 Å². The third-order valence-corrected chi connectivity index (χ3v) is 4.61. The largest absolute Gasteiger partial charge is 0.340 e. The maximum atomic E-state index is 12.4. The summed E-state index contributed by atoms with van der Waals surface area (Å²) in [5.41, 5.74) is 2.34. The number of carbonyl (C=O) groups excluding carboxylic acids is 1. The number of pyridine rings is 1. The van der Waals surface area contributed by atoms with E-state index in [9.17, 15) is 4.79 Å². The van der Waals surface area contributed by atoms with E-state index in [1.807, 2.05) is 41.4 Å². The van der Waals surface area contributed by atoms with Crippen molar-refractivity contribution in [1.82, 2.24) is 14.8 Å². The van der Waals surface area contributed by atoms with Crippen LogP contribution < -0.4 is 0 Å². The van der Waals surface area contributed by atoms with Crippen LogP contribution in [0.1, 0.15) is 17.5 Å². The van der Waals surface area contributed by atoms with Crippen LogP contribution in [0, 0.1) is 0 Å². The van der Waals surface area contributed by atoms with E-state index in [1.54, 1.807) is 6.20 Å². The molecule has 1 aromatic heterocycles. The predicted molar refractivity (Wildman–Crippen MR) is 95.9 cm³/mol. The number of rotatable bonds is 5. The number of aromatic nitrogens is 1. The molecule has 1 aliphatic heterocycles. The van der Waals surface area contributed by atoms with E-state index >= 15 is 0 Å². The summed E-state index contributed by atoms with van der Waals surface area (Å²) in [7, 11) is 0. The second-order valence-electron chi connectivity index (χ2n) is 6.15. The Morgan fingerprint density at radius 2 is 1.88 bits per heavy atom. The van der Waals surface area contributed by atoms with Crippen LogP contribution in [0.4, 0.5) is 0 Å². The fourth-order valence-electron chi connectivity index (χ4n) is 3.00. The lowest BCUT2D eigenvalue weighted by molar-refractivity contribution is -0.133. The number of benzene rings is 1. The van der Waals surface area contributed by atoms with Crippen molar-refractivity contribution in [2.75, 3.05) is 26.2 Å². The zero-order valence-corrected chi connectivity index (χ0v) is 14.5. The lowest BCUT2D eigenvalue weighted by Gasteiger charge is -2.34. The van der Waals surface area contributed by atoms with Gasteiger partial charge in [0.1, 0.15) is 0 Å². The van der Waals surface area contributed by atoms with Crippen molar-refractivity contribution in [2.45, 2.75) is 19.4 Å². The molecule has 2 heterocycles. The van der Waals surface area contributed by atoms with Gasteiger partial charge in [0.05, 0.1) is 0 Å². The highest BCUT2D eigenvalue weighted by atomic mass is 35.5. The molecule has 1 amide bonds. The van der Waals surface area contributed by atoms with Crippen LogP contribution in [-0.2, 0) is 17.8 Å². The molecule has 1 aromatic carbocycles. The van der Waals surface area contributed by atoms with Crippen LogP contribution in [-0.4, -0.2) is 46.9 Å². The Bertz CT molecular complexity index is 669. The fourth-order valence-corrected chi connectivity index (χ4v) is 3.22. The number of aryl methyl sites for hydroxylation is 1. The smallest absolute Gasteiger partial charge is 0.222 e. The normalized spacial score (nSPS) is 15.5. The summed E-state index contributed by atoms with van der Waals surface area (Å²) < 4.78 is 0. The number of halogens is 1. The van der Waals surface area contributed by atoms with E-state index in [0.717, 1.165) is 49.7 Å². The molecule has 0 bridgehead atoms. The molecule has 0 saturated carbocycles. The van der Waals surface area contributed by atoms with Crippen molar-refractivity contribution in [2.24, 2.45) is 0 Å². The monoisotopic (exact) mass is 343 g/mol. The molecule has 126 valence electrons. The van der Waals surface area contributed by atoms with E-state index < -0.39 is 0 Å². The van der Waals surface area contributed by atoms with Gasteiger partial charge in [0, 0.05) is 56.6 Å². The molecule has 4 nitrogen and oxygen atoms in total. The quantitative estimate of drug-likeness (QED) is 0.837. The van der Waals surface area contributed by atoms with Gasteiger partial charge >= 0.3 is 0 Å². The molecule has 3 rings (SSSR count). The highest BCUT2D eigenvalue weighted by Crippen LogP contribution is 2.14. The van der Waals surface area contributed by atoms with E-state index in [-0.39, 0.29) is 5.91 Å². The molecule has 0 unspecified atom stereocenters. The molecule has 0 spiro atoms. The van der Waals surface area contributed by atoms with E-state index in [0.29, 0.717) is 6.42 Å². The molecule has 5 heteroatoms. The lowest BCUT2D eigenvalue weighted by atomic mass is 10.1. The molecule has 1 fully saturated rings. The highest BCUT2D eigenvalue weighted by molar-refractivity contribution is 6.30. The van der Waals surface area contributed by atoms with Gasteiger partial charge in [0.2, 0.25) is 5.91 Å². The SMILES string of the molecule is O=C(CCc1cccnc1)N1CCN(Cc2cccc(Cl)c2)CC1. The predicted octanol–water partition coefficient (Wildman–Crippen LogP) is 3.01. The molecular formula is C19H22ClN3O. The van der Waals surface area contributed by atoms with Gasteiger partial charge in [0.15, 0.2) is 0 Å². The molecule has 24 heavy (non-hydrogen) atoms. The highest BCUT2D eigenvalue weighted by Gasteiger charge is 2.20. The fraction of sp³-hybridized carbons (Fsp3) is 0.368. The molecule has 0 N–H and O–H groups in total. The first kappa shape index (κ1) is 16.9. The molecule has 2 aromatic rings. The molecule has 0 aliphatic carbocycles. The van der Waals surface area contributed by atoms with Crippen molar-refractivity contribution in [1.29, 1.82) is 0 Å². The number of piperazine rings is 1. The van der Waals surface area contributed by atoms with Crippen molar-refractivity contribution >= 4 is 17.5 Å². The van der Waals surface area contributed by atoms with Gasteiger partial charge < -0.3 is 4.90 Å². The summed E-state index contributed by atoms with van der Waals surface area (Å²) in [6, 6.07) is 11.9. The number of amides is 1. The van der Waals surface area contributed by atoms with Crippen molar-refractivity contribution in [3.63, 3.8) is 0 Å². The van der Waals surface area contributed by atoms with Crippen molar-refractivity contribution in [3.8, 4) is 0 Å². The second-order valence-corrected chi connectivity index (χ2v) is 6.58. The third-order valence-electron chi connectivity index (χ3n) is 4.37. The first-order valence-corrected chi connectivity index (χ1v) is 8.72. The number of hydrogen-bond donors (Lipinski definition) is 0. The Labute approximate surface area is 148 Å². The van der Waals surface area contributed by atoms with Crippen LogP contribution >= 0.6 is 11.6 Å². The first-order chi connectivity index (χ1) is 11.7. The summed E-state index contributed by atoms with van der Waals surface area (Å²) in [6.45, 7) is 4.30. The molecule has 0 atom stereocenters. The Hall–Kier alpha value is -1.91.